The summed E-state index contributed by atoms with van der Waals surface area (Å²) in [6.07, 6.45) is 0.966. The maximum absolute atomic E-state index is 12.6. The summed E-state index contributed by atoms with van der Waals surface area (Å²) in [5.74, 6) is -0.166. The van der Waals surface area contributed by atoms with Gasteiger partial charge in [0.2, 0.25) is 0 Å². The van der Waals surface area contributed by atoms with Crippen molar-refractivity contribution in [3.63, 3.8) is 0 Å². The number of hydrogen-bond acceptors (Lipinski definition) is 1. The van der Waals surface area contributed by atoms with Crippen LogP contribution in [0.3, 0.4) is 0 Å². The number of halogens is 1. The van der Waals surface area contributed by atoms with Gasteiger partial charge in [-0.15, -0.1) is 0 Å². The Morgan fingerprint density at radius 3 is 2.23 bits per heavy atom. The van der Waals surface area contributed by atoms with Crippen LogP contribution in [0, 0.1) is 5.82 Å². The average molecular weight is 181 g/mol. The third-order valence-corrected chi connectivity index (χ3v) is 2.33. The lowest BCUT2D eigenvalue weighted by Gasteiger charge is -2.19. The van der Waals surface area contributed by atoms with E-state index in [0.29, 0.717) is 6.04 Å². The smallest absolute Gasteiger partial charge is 0.123 e. The lowest BCUT2D eigenvalue weighted by atomic mass is 10.1. The molecule has 0 aliphatic carbocycles. The molecule has 0 aliphatic heterocycles. The maximum Gasteiger partial charge on any atom is 0.123 e. The molecule has 0 spiro atoms. The molecular weight excluding hydrogens is 165 g/mol. The zero-order valence-corrected chi connectivity index (χ0v) is 8.42. The Kier molecular flexibility index (Phi) is 3.43. The highest BCUT2D eigenvalue weighted by Gasteiger charge is 2.05. The van der Waals surface area contributed by atoms with E-state index in [1.165, 1.54) is 17.7 Å². The fraction of sp³-hybridized carbons (Fsp3) is 0.455. The molecule has 0 saturated heterocycles. The van der Waals surface area contributed by atoms with Crippen LogP contribution in [0.5, 0.6) is 0 Å². The second-order valence-electron chi connectivity index (χ2n) is 3.64. The van der Waals surface area contributed by atoms with E-state index in [2.05, 4.69) is 11.8 Å². The summed E-state index contributed by atoms with van der Waals surface area (Å²) in [5, 5.41) is 0. The van der Waals surface area contributed by atoms with Gasteiger partial charge in [-0.3, -0.25) is 0 Å². The number of likely N-dealkylation sites (N-methyl/N-ethyl adjacent to an activating group) is 1. The summed E-state index contributed by atoms with van der Waals surface area (Å²) in [6, 6.07) is 7.20. The van der Waals surface area contributed by atoms with Crippen LogP contribution in [0.15, 0.2) is 24.3 Å². The second kappa shape index (κ2) is 4.38. The van der Waals surface area contributed by atoms with Crippen molar-refractivity contribution in [3.8, 4) is 0 Å². The molecule has 0 fully saturated rings. The third kappa shape index (κ3) is 3.15. The van der Waals surface area contributed by atoms with Gasteiger partial charge in [-0.1, -0.05) is 12.1 Å². The number of nitrogens with zero attached hydrogens (tertiary/aromatic N) is 1. The van der Waals surface area contributed by atoms with Crippen molar-refractivity contribution in [2.45, 2.75) is 19.4 Å². The fourth-order valence-corrected chi connectivity index (χ4v) is 1.14. The van der Waals surface area contributed by atoms with E-state index in [-0.39, 0.29) is 5.82 Å². The average Bonchev–Trinajstić information content (AvgIpc) is 2.08. The molecule has 0 saturated carbocycles. The molecule has 0 bridgehead atoms. The first kappa shape index (κ1) is 10.2. The van der Waals surface area contributed by atoms with Gasteiger partial charge in [-0.25, -0.2) is 4.39 Å². The summed E-state index contributed by atoms with van der Waals surface area (Å²) in [7, 11) is 4.10. The van der Waals surface area contributed by atoms with Gasteiger partial charge in [0.05, 0.1) is 0 Å². The van der Waals surface area contributed by atoms with Crippen LogP contribution in [-0.4, -0.2) is 25.0 Å². The van der Waals surface area contributed by atoms with Crippen LogP contribution in [0.4, 0.5) is 4.39 Å². The van der Waals surface area contributed by atoms with Gasteiger partial charge in [-0.2, -0.15) is 0 Å². The minimum Gasteiger partial charge on any atom is -0.306 e. The summed E-state index contributed by atoms with van der Waals surface area (Å²) < 4.78 is 12.6. The van der Waals surface area contributed by atoms with Crippen molar-refractivity contribution in [1.82, 2.24) is 4.90 Å². The molecule has 1 aromatic rings. The molecule has 1 aromatic carbocycles. The molecule has 13 heavy (non-hydrogen) atoms. The predicted molar refractivity (Wildman–Crippen MR) is 53.3 cm³/mol. The summed E-state index contributed by atoms with van der Waals surface area (Å²) >= 11 is 0. The van der Waals surface area contributed by atoms with Gasteiger partial charge >= 0.3 is 0 Å². The van der Waals surface area contributed by atoms with Crippen molar-refractivity contribution in [2.24, 2.45) is 0 Å². The lowest BCUT2D eigenvalue weighted by molar-refractivity contribution is 0.312. The van der Waals surface area contributed by atoms with Crippen molar-refractivity contribution < 1.29 is 4.39 Å². The molecule has 0 heterocycles. The van der Waals surface area contributed by atoms with Gasteiger partial charge in [0.15, 0.2) is 0 Å². The molecule has 1 rings (SSSR count). The Labute approximate surface area is 79.2 Å². The molecule has 72 valence electrons. The van der Waals surface area contributed by atoms with Crippen LogP contribution in [0.2, 0.25) is 0 Å². The zero-order valence-electron chi connectivity index (χ0n) is 8.42. The first-order valence-corrected chi connectivity index (χ1v) is 4.50. The molecule has 0 aliphatic rings. The van der Waals surface area contributed by atoms with E-state index in [0.717, 1.165) is 6.42 Å². The van der Waals surface area contributed by atoms with Crippen LogP contribution < -0.4 is 0 Å². The fourth-order valence-electron chi connectivity index (χ4n) is 1.14. The zero-order chi connectivity index (χ0) is 9.84. The van der Waals surface area contributed by atoms with Crippen LogP contribution >= 0.6 is 0 Å². The molecule has 1 nitrogen and oxygen atoms in total. The Hall–Kier alpha value is -0.890. The molecule has 2 heteroatoms. The van der Waals surface area contributed by atoms with Crippen molar-refractivity contribution in [1.29, 1.82) is 0 Å². The maximum atomic E-state index is 12.6. The largest absolute Gasteiger partial charge is 0.306 e. The van der Waals surface area contributed by atoms with Gasteiger partial charge in [0.25, 0.3) is 0 Å². The number of hydrogen-bond donors (Lipinski definition) is 0. The Morgan fingerprint density at radius 1 is 1.23 bits per heavy atom. The number of benzene rings is 1. The van der Waals surface area contributed by atoms with Gasteiger partial charge < -0.3 is 4.90 Å². The molecule has 1 atom stereocenters. The Balaban J connectivity index is 2.59. The van der Waals surface area contributed by atoms with E-state index < -0.39 is 0 Å². The van der Waals surface area contributed by atoms with E-state index in [1.807, 2.05) is 26.2 Å². The Bertz CT molecular complexity index is 253. The minimum atomic E-state index is -0.166. The highest BCUT2D eigenvalue weighted by molar-refractivity contribution is 5.16. The lowest BCUT2D eigenvalue weighted by Crippen LogP contribution is -2.26. The standard InChI is InChI=1S/C11H16FN/c1-9(13(2)3)8-10-4-6-11(12)7-5-10/h4-7,9H,8H2,1-3H3. The number of rotatable bonds is 3. The van der Waals surface area contributed by atoms with Gasteiger partial charge in [0.1, 0.15) is 5.82 Å². The molecule has 0 amide bonds. The van der Waals surface area contributed by atoms with Gasteiger partial charge in [-0.05, 0) is 45.1 Å². The Morgan fingerprint density at radius 2 is 1.77 bits per heavy atom. The van der Waals surface area contributed by atoms with Gasteiger partial charge in [0, 0.05) is 6.04 Å². The first-order chi connectivity index (χ1) is 6.09. The molecule has 0 aromatic heterocycles. The highest BCUT2D eigenvalue weighted by Crippen LogP contribution is 2.07. The highest BCUT2D eigenvalue weighted by atomic mass is 19.1. The second-order valence-corrected chi connectivity index (χ2v) is 3.64. The van der Waals surface area contributed by atoms with Crippen molar-refractivity contribution in [2.75, 3.05) is 14.1 Å². The quantitative estimate of drug-likeness (QED) is 0.691. The van der Waals surface area contributed by atoms with E-state index >= 15 is 0 Å². The van der Waals surface area contributed by atoms with Crippen LogP contribution in [0.25, 0.3) is 0 Å². The molecule has 0 N–H and O–H groups in total. The summed E-state index contributed by atoms with van der Waals surface area (Å²) in [5.41, 5.74) is 1.18. The summed E-state index contributed by atoms with van der Waals surface area (Å²) in [6.45, 7) is 2.16. The van der Waals surface area contributed by atoms with Crippen molar-refractivity contribution in [3.05, 3.63) is 35.6 Å². The molecular formula is C11H16FN. The third-order valence-electron chi connectivity index (χ3n) is 2.33. The monoisotopic (exact) mass is 181 g/mol. The van der Waals surface area contributed by atoms with Crippen LogP contribution in [-0.2, 0) is 6.42 Å². The molecule has 0 radical (unpaired) electrons. The van der Waals surface area contributed by atoms with Crippen molar-refractivity contribution >= 4 is 0 Å². The summed E-state index contributed by atoms with van der Waals surface area (Å²) in [4.78, 5) is 2.16. The first-order valence-electron chi connectivity index (χ1n) is 4.50. The van der Waals surface area contributed by atoms with E-state index in [1.54, 1.807) is 0 Å². The predicted octanol–water partition coefficient (Wildman–Crippen LogP) is 2.32. The minimum absolute atomic E-state index is 0.166. The normalized spacial score (nSPS) is 13.3. The van der Waals surface area contributed by atoms with Crippen LogP contribution in [0.1, 0.15) is 12.5 Å². The SMILES string of the molecule is CC(Cc1ccc(F)cc1)N(C)C. The molecule has 1 unspecified atom stereocenters. The van der Waals surface area contributed by atoms with E-state index in [4.69, 9.17) is 0 Å². The van der Waals surface area contributed by atoms with E-state index in [9.17, 15) is 4.39 Å². The topological polar surface area (TPSA) is 3.24 Å².